The number of carbonyl (C=O) groups is 1. The van der Waals surface area contributed by atoms with E-state index in [-0.39, 0.29) is 17.9 Å². The van der Waals surface area contributed by atoms with Crippen molar-refractivity contribution >= 4 is 5.91 Å². The molecule has 7 nitrogen and oxygen atoms in total. The average Bonchev–Trinajstić information content (AvgIpc) is 3.45. The van der Waals surface area contributed by atoms with E-state index in [1.54, 1.807) is 14.2 Å². The number of methoxy groups -OCH3 is 2. The third-order valence-electron chi connectivity index (χ3n) is 5.93. The molecule has 31 heavy (non-hydrogen) atoms. The Morgan fingerprint density at radius 2 is 1.87 bits per heavy atom. The SMILES string of the molecule is CCc1ccc(-c2nc(C3CC(=O)N(C(C)c4ccc(OC)c(OC)c4)C3)no2)cc1. The van der Waals surface area contributed by atoms with E-state index in [0.29, 0.717) is 36.2 Å². The molecule has 4 rings (SSSR count). The van der Waals surface area contributed by atoms with E-state index >= 15 is 0 Å². The highest BCUT2D eigenvalue weighted by molar-refractivity contribution is 5.80. The normalized spacial score (nSPS) is 17.1. The molecule has 1 fully saturated rings. The van der Waals surface area contributed by atoms with Crippen molar-refractivity contribution < 1.29 is 18.8 Å². The summed E-state index contributed by atoms with van der Waals surface area (Å²) < 4.78 is 16.2. The molecule has 2 atom stereocenters. The van der Waals surface area contributed by atoms with Gasteiger partial charge in [0.2, 0.25) is 5.91 Å². The Kier molecular flexibility index (Phi) is 5.93. The molecule has 1 aliphatic rings. The molecule has 2 unspecified atom stereocenters. The number of nitrogens with zero attached hydrogens (tertiary/aromatic N) is 3. The van der Waals surface area contributed by atoms with Crippen LogP contribution in [0.4, 0.5) is 0 Å². The van der Waals surface area contributed by atoms with Crippen molar-refractivity contribution in [3.63, 3.8) is 0 Å². The Bertz CT molecular complexity index is 1060. The van der Waals surface area contributed by atoms with Crippen LogP contribution in [0.3, 0.4) is 0 Å². The first-order valence-corrected chi connectivity index (χ1v) is 10.5. The van der Waals surface area contributed by atoms with Crippen LogP contribution in [0.1, 0.15) is 49.2 Å². The van der Waals surface area contributed by atoms with Crippen LogP contribution in [0, 0.1) is 0 Å². The second-order valence-electron chi connectivity index (χ2n) is 7.75. The number of rotatable bonds is 7. The summed E-state index contributed by atoms with van der Waals surface area (Å²) in [6.45, 7) is 4.67. The van der Waals surface area contributed by atoms with E-state index in [0.717, 1.165) is 17.5 Å². The van der Waals surface area contributed by atoms with Crippen LogP contribution in [0.25, 0.3) is 11.5 Å². The van der Waals surface area contributed by atoms with Crippen molar-refractivity contribution in [3.8, 4) is 23.0 Å². The summed E-state index contributed by atoms with van der Waals surface area (Å²) in [5, 5.41) is 4.17. The van der Waals surface area contributed by atoms with Crippen molar-refractivity contribution in [2.75, 3.05) is 20.8 Å². The molecule has 0 N–H and O–H groups in total. The van der Waals surface area contributed by atoms with E-state index in [1.807, 2.05) is 42.2 Å². The van der Waals surface area contributed by atoms with Crippen LogP contribution >= 0.6 is 0 Å². The summed E-state index contributed by atoms with van der Waals surface area (Å²) in [5.74, 6) is 2.34. The van der Waals surface area contributed by atoms with Crippen molar-refractivity contribution in [2.45, 2.75) is 38.6 Å². The van der Waals surface area contributed by atoms with Gasteiger partial charge in [0, 0.05) is 24.4 Å². The molecule has 0 saturated carbocycles. The van der Waals surface area contributed by atoms with Gasteiger partial charge in [-0.1, -0.05) is 30.3 Å². The van der Waals surface area contributed by atoms with E-state index in [9.17, 15) is 4.79 Å². The summed E-state index contributed by atoms with van der Waals surface area (Å²) in [5.41, 5.74) is 3.12. The van der Waals surface area contributed by atoms with Crippen LogP contribution in [0.5, 0.6) is 11.5 Å². The Hall–Kier alpha value is -3.35. The van der Waals surface area contributed by atoms with Gasteiger partial charge in [0.15, 0.2) is 17.3 Å². The van der Waals surface area contributed by atoms with E-state index < -0.39 is 0 Å². The fourth-order valence-corrected chi connectivity index (χ4v) is 3.97. The van der Waals surface area contributed by atoms with Gasteiger partial charge in [-0.05, 0) is 48.7 Å². The molecule has 0 spiro atoms. The lowest BCUT2D eigenvalue weighted by Crippen LogP contribution is -2.28. The van der Waals surface area contributed by atoms with Gasteiger partial charge < -0.3 is 18.9 Å². The molecule has 162 valence electrons. The zero-order valence-electron chi connectivity index (χ0n) is 18.3. The maximum absolute atomic E-state index is 12.8. The van der Waals surface area contributed by atoms with E-state index in [1.165, 1.54) is 5.56 Å². The summed E-state index contributed by atoms with van der Waals surface area (Å²) in [7, 11) is 3.21. The lowest BCUT2D eigenvalue weighted by atomic mass is 10.1. The topological polar surface area (TPSA) is 77.7 Å². The summed E-state index contributed by atoms with van der Waals surface area (Å²) in [4.78, 5) is 19.2. The number of likely N-dealkylation sites (tertiary alicyclic amines) is 1. The number of benzene rings is 2. The second-order valence-corrected chi connectivity index (χ2v) is 7.75. The van der Waals surface area contributed by atoms with Gasteiger partial charge in [-0.15, -0.1) is 0 Å². The Labute approximate surface area is 182 Å². The Morgan fingerprint density at radius 1 is 1.13 bits per heavy atom. The lowest BCUT2D eigenvalue weighted by molar-refractivity contribution is -0.129. The van der Waals surface area contributed by atoms with Gasteiger partial charge in [0.25, 0.3) is 5.89 Å². The van der Waals surface area contributed by atoms with Crippen molar-refractivity contribution in [1.82, 2.24) is 15.0 Å². The summed E-state index contributed by atoms with van der Waals surface area (Å²) in [6.07, 6.45) is 1.35. The second kappa shape index (κ2) is 8.79. The van der Waals surface area contributed by atoms with Gasteiger partial charge in [-0.2, -0.15) is 4.98 Å². The first-order chi connectivity index (χ1) is 15.0. The zero-order valence-corrected chi connectivity index (χ0v) is 18.3. The van der Waals surface area contributed by atoms with Crippen LogP contribution in [0.15, 0.2) is 47.0 Å². The predicted molar refractivity (Wildman–Crippen MR) is 116 cm³/mol. The highest BCUT2D eigenvalue weighted by Crippen LogP contribution is 2.36. The molecule has 3 aromatic rings. The first kappa shape index (κ1) is 20.9. The number of aromatic nitrogens is 2. The van der Waals surface area contributed by atoms with Crippen molar-refractivity contribution in [2.24, 2.45) is 0 Å². The number of aryl methyl sites for hydroxylation is 1. The monoisotopic (exact) mass is 421 g/mol. The van der Waals surface area contributed by atoms with Gasteiger partial charge in [-0.25, -0.2) is 0 Å². The molecule has 7 heteroatoms. The van der Waals surface area contributed by atoms with Crippen molar-refractivity contribution in [3.05, 3.63) is 59.4 Å². The summed E-state index contributed by atoms with van der Waals surface area (Å²) in [6, 6.07) is 13.7. The van der Waals surface area contributed by atoms with E-state index in [4.69, 9.17) is 14.0 Å². The van der Waals surface area contributed by atoms with Gasteiger partial charge in [-0.3, -0.25) is 4.79 Å². The molecule has 0 aliphatic carbocycles. The molecule has 1 aromatic heterocycles. The summed E-state index contributed by atoms with van der Waals surface area (Å²) >= 11 is 0. The van der Waals surface area contributed by atoms with E-state index in [2.05, 4.69) is 29.2 Å². The molecule has 1 saturated heterocycles. The number of ether oxygens (including phenoxy) is 2. The highest BCUT2D eigenvalue weighted by atomic mass is 16.5. The average molecular weight is 421 g/mol. The molecule has 1 amide bonds. The highest BCUT2D eigenvalue weighted by Gasteiger charge is 2.36. The Balaban J connectivity index is 1.50. The predicted octanol–water partition coefficient (Wildman–Crippen LogP) is 4.39. The minimum absolute atomic E-state index is 0.0749. The molecular formula is C24H27N3O4. The number of hydrogen-bond donors (Lipinski definition) is 0. The largest absolute Gasteiger partial charge is 0.493 e. The maximum atomic E-state index is 12.8. The first-order valence-electron chi connectivity index (χ1n) is 10.5. The third-order valence-corrected chi connectivity index (χ3v) is 5.93. The number of carbonyl (C=O) groups excluding carboxylic acids is 1. The van der Waals surface area contributed by atoms with Gasteiger partial charge in [0.05, 0.1) is 20.3 Å². The fraction of sp³-hybridized carbons (Fsp3) is 0.375. The molecule has 2 aromatic carbocycles. The molecule has 2 heterocycles. The smallest absolute Gasteiger partial charge is 0.257 e. The van der Waals surface area contributed by atoms with Gasteiger partial charge in [0.1, 0.15) is 0 Å². The third kappa shape index (κ3) is 4.13. The molecule has 1 aliphatic heterocycles. The number of hydrogen-bond acceptors (Lipinski definition) is 6. The maximum Gasteiger partial charge on any atom is 0.257 e. The zero-order chi connectivity index (χ0) is 22.0. The van der Waals surface area contributed by atoms with Crippen LogP contribution in [-0.2, 0) is 11.2 Å². The molecule has 0 bridgehead atoms. The van der Waals surface area contributed by atoms with Crippen LogP contribution < -0.4 is 9.47 Å². The quantitative estimate of drug-likeness (QED) is 0.563. The number of amides is 1. The standard InChI is InChI=1S/C24H27N3O4/c1-5-16-6-8-17(9-7-16)24-25-23(26-31-24)19-13-22(28)27(14-19)15(2)18-10-11-20(29-3)21(12-18)30-4/h6-12,15,19H,5,13-14H2,1-4H3. The van der Waals surface area contributed by atoms with Crippen LogP contribution in [0.2, 0.25) is 0 Å². The Morgan fingerprint density at radius 3 is 2.55 bits per heavy atom. The van der Waals surface area contributed by atoms with Gasteiger partial charge >= 0.3 is 0 Å². The minimum atomic E-state index is -0.106. The fourth-order valence-electron chi connectivity index (χ4n) is 3.97. The van der Waals surface area contributed by atoms with Crippen molar-refractivity contribution in [1.29, 1.82) is 0 Å². The minimum Gasteiger partial charge on any atom is -0.493 e. The molecular weight excluding hydrogens is 394 g/mol. The molecule has 0 radical (unpaired) electrons. The van der Waals surface area contributed by atoms with Crippen LogP contribution in [-0.4, -0.2) is 41.7 Å². The lowest BCUT2D eigenvalue weighted by Gasteiger charge is -2.25.